The highest BCUT2D eigenvalue weighted by Gasteiger charge is 2.28. The van der Waals surface area contributed by atoms with E-state index in [4.69, 9.17) is 9.05 Å². The van der Waals surface area contributed by atoms with Gasteiger partial charge in [-0.2, -0.15) is 0 Å². The Kier molecular flexibility index (Phi) is 42.0. The third kappa shape index (κ3) is 45.1. The summed E-state index contributed by atoms with van der Waals surface area (Å²) in [6.45, 7) is 4.90. The van der Waals surface area contributed by atoms with Crippen LogP contribution in [0.3, 0.4) is 0 Å². The number of carbonyl (C=O) groups excluding carboxylic acids is 1. The van der Waals surface area contributed by atoms with Gasteiger partial charge in [0.2, 0.25) is 5.91 Å². The summed E-state index contributed by atoms with van der Waals surface area (Å²) >= 11 is 0. The molecule has 0 spiro atoms. The first-order chi connectivity index (χ1) is 28.5. The van der Waals surface area contributed by atoms with Crippen molar-refractivity contribution in [2.45, 2.75) is 264 Å². The SMILES string of the molecule is CCCCCCCCCCCCC/C=C/CCCC[C@@H](O)[C@H](COP(=O)(O)OCC[N+](C)(C)C)NC(=O)CCCCCCCCCCCCCCCCCCCCCC. The van der Waals surface area contributed by atoms with Crippen molar-refractivity contribution in [2.24, 2.45) is 0 Å². The summed E-state index contributed by atoms with van der Waals surface area (Å²) in [5.74, 6) is -0.149. The highest BCUT2D eigenvalue weighted by atomic mass is 31.2. The van der Waals surface area contributed by atoms with Crippen LogP contribution in [0.1, 0.15) is 251 Å². The quantitative estimate of drug-likeness (QED) is 0.0244. The van der Waals surface area contributed by atoms with Gasteiger partial charge < -0.3 is 19.8 Å². The van der Waals surface area contributed by atoms with Crippen molar-refractivity contribution >= 4 is 13.7 Å². The molecule has 0 aromatic carbocycles. The molecule has 0 saturated carbocycles. The molecular formula is C50H102N2O6P+. The lowest BCUT2D eigenvalue weighted by Crippen LogP contribution is -2.46. The molecule has 0 fully saturated rings. The van der Waals surface area contributed by atoms with Gasteiger partial charge in [-0.05, 0) is 38.5 Å². The number of phosphoric acid groups is 1. The van der Waals surface area contributed by atoms with Crippen molar-refractivity contribution in [1.82, 2.24) is 5.32 Å². The van der Waals surface area contributed by atoms with Gasteiger partial charge in [-0.25, -0.2) is 4.57 Å². The molecule has 1 unspecified atom stereocenters. The maximum Gasteiger partial charge on any atom is 0.472 e. The molecule has 0 aliphatic carbocycles. The number of allylic oxidation sites excluding steroid dienone is 2. The number of hydrogen-bond acceptors (Lipinski definition) is 5. The molecule has 0 aliphatic rings. The lowest BCUT2D eigenvalue weighted by molar-refractivity contribution is -0.870. The summed E-state index contributed by atoms with van der Waals surface area (Å²) in [5.41, 5.74) is 0. The molecule has 0 heterocycles. The van der Waals surface area contributed by atoms with Crippen LogP contribution in [0, 0.1) is 0 Å². The molecule has 0 aromatic rings. The second kappa shape index (κ2) is 42.5. The highest BCUT2D eigenvalue weighted by Crippen LogP contribution is 2.43. The van der Waals surface area contributed by atoms with Gasteiger partial charge in [-0.15, -0.1) is 0 Å². The highest BCUT2D eigenvalue weighted by molar-refractivity contribution is 7.47. The maximum atomic E-state index is 12.9. The fourth-order valence-corrected chi connectivity index (χ4v) is 8.43. The minimum Gasteiger partial charge on any atom is -0.391 e. The second-order valence-corrected chi connectivity index (χ2v) is 20.4. The molecule has 59 heavy (non-hydrogen) atoms. The van der Waals surface area contributed by atoms with E-state index in [0.29, 0.717) is 23.9 Å². The molecule has 3 atom stereocenters. The molecule has 0 radical (unpaired) electrons. The van der Waals surface area contributed by atoms with Gasteiger partial charge in [0.1, 0.15) is 13.2 Å². The van der Waals surface area contributed by atoms with Crippen LogP contribution >= 0.6 is 7.82 Å². The topological polar surface area (TPSA) is 105 Å². The number of amides is 1. The molecule has 0 aromatic heterocycles. The van der Waals surface area contributed by atoms with E-state index in [-0.39, 0.29) is 19.1 Å². The average Bonchev–Trinajstić information content (AvgIpc) is 3.19. The van der Waals surface area contributed by atoms with E-state index in [1.807, 2.05) is 21.1 Å². The second-order valence-electron chi connectivity index (χ2n) is 18.9. The van der Waals surface area contributed by atoms with Crippen molar-refractivity contribution < 1.29 is 32.9 Å². The fourth-order valence-electron chi connectivity index (χ4n) is 7.69. The van der Waals surface area contributed by atoms with Crippen molar-refractivity contribution in [2.75, 3.05) is 40.9 Å². The summed E-state index contributed by atoms with van der Waals surface area (Å²) in [4.78, 5) is 23.2. The Morgan fingerprint density at radius 3 is 1.31 bits per heavy atom. The molecule has 0 rings (SSSR count). The Hall–Kier alpha value is -0.760. The van der Waals surface area contributed by atoms with Gasteiger partial charge in [0, 0.05) is 6.42 Å². The molecule has 0 saturated heterocycles. The Morgan fingerprint density at radius 2 is 0.915 bits per heavy atom. The average molecular weight is 858 g/mol. The Labute approximate surface area is 367 Å². The van der Waals surface area contributed by atoms with Gasteiger partial charge in [0.25, 0.3) is 0 Å². The molecule has 3 N–H and O–H groups in total. The molecule has 1 amide bonds. The normalized spacial score (nSPS) is 14.2. The van der Waals surface area contributed by atoms with Crippen molar-refractivity contribution in [3.8, 4) is 0 Å². The van der Waals surface area contributed by atoms with E-state index >= 15 is 0 Å². The van der Waals surface area contributed by atoms with Gasteiger partial charge in [0.05, 0.1) is 39.9 Å². The number of nitrogens with zero attached hydrogens (tertiary/aromatic N) is 1. The molecule has 9 heteroatoms. The summed E-state index contributed by atoms with van der Waals surface area (Å²) < 4.78 is 23.7. The van der Waals surface area contributed by atoms with Crippen molar-refractivity contribution in [3.63, 3.8) is 0 Å². The van der Waals surface area contributed by atoms with Crippen LogP contribution in [0.5, 0.6) is 0 Å². The zero-order valence-electron chi connectivity index (χ0n) is 40.0. The largest absolute Gasteiger partial charge is 0.472 e. The lowest BCUT2D eigenvalue weighted by Gasteiger charge is -2.26. The molecule has 0 aliphatic heterocycles. The number of likely N-dealkylation sites (N-methyl/N-ethyl adjacent to an activating group) is 1. The number of aliphatic hydroxyl groups is 1. The number of carbonyl (C=O) groups is 1. The lowest BCUT2D eigenvalue weighted by atomic mass is 10.0. The number of rotatable bonds is 47. The number of hydrogen-bond donors (Lipinski definition) is 3. The van der Waals surface area contributed by atoms with Crippen LogP contribution in [0.4, 0.5) is 0 Å². The van der Waals surface area contributed by atoms with E-state index in [9.17, 15) is 19.4 Å². The van der Waals surface area contributed by atoms with Gasteiger partial charge >= 0.3 is 7.82 Å². The Bertz CT molecular complexity index is 974. The summed E-state index contributed by atoms with van der Waals surface area (Å²) in [7, 11) is 1.61. The van der Waals surface area contributed by atoms with E-state index in [0.717, 1.165) is 44.9 Å². The summed E-state index contributed by atoms with van der Waals surface area (Å²) in [6.07, 6.45) is 49.6. The Morgan fingerprint density at radius 1 is 0.559 bits per heavy atom. The predicted molar refractivity (Wildman–Crippen MR) is 254 cm³/mol. The standard InChI is InChI=1S/C50H101N2O6P/c1-6-8-10-12-14-16-18-20-22-24-25-26-28-30-32-34-36-38-40-42-44-50(54)51-48(47-58-59(55,56)57-46-45-52(3,4)5)49(53)43-41-39-37-35-33-31-29-27-23-21-19-17-15-13-11-9-7-2/h33,35,48-49,53H,6-32,34,36-47H2,1-5H3,(H-,51,54,55,56)/p+1/b35-33+/t48-,49+/m0/s1. The van der Waals surface area contributed by atoms with E-state index in [1.54, 1.807) is 0 Å². The number of unbranched alkanes of at least 4 members (excludes halogenated alkanes) is 32. The summed E-state index contributed by atoms with van der Waals surface area (Å²) in [5, 5.41) is 14.0. The first kappa shape index (κ1) is 58.2. The fraction of sp³-hybridized carbons (Fsp3) is 0.940. The minimum absolute atomic E-state index is 0.0725. The number of nitrogens with one attached hydrogen (secondary N) is 1. The van der Waals surface area contributed by atoms with Crippen LogP contribution in [0.25, 0.3) is 0 Å². The molecular weight excluding hydrogens is 756 g/mol. The molecule has 352 valence electrons. The van der Waals surface area contributed by atoms with Crippen molar-refractivity contribution in [1.29, 1.82) is 0 Å². The number of phosphoric ester groups is 1. The van der Waals surface area contributed by atoms with Crippen LogP contribution in [-0.4, -0.2) is 73.4 Å². The zero-order valence-corrected chi connectivity index (χ0v) is 40.9. The van der Waals surface area contributed by atoms with Gasteiger partial charge in [0.15, 0.2) is 0 Å². The van der Waals surface area contributed by atoms with E-state index in [2.05, 4.69) is 31.3 Å². The van der Waals surface area contributed by atoms with Gasteiger partial charge in [-0.3, -0.25) is 13.8 Å². The van der Waals surface area contributed by atoms with Gasteiger partial charge in [-0.1, -0.05) is 219 Å². The van der Waals surface area contributed by atoms with Crippen molar-refractivity contribution in [3.05, 3.63) is 12.2 Å². The summed E-state index contributed by atoms with van der Waals surface area (Å²) in [6, 6.07) is -0.772. The minimum atomic E-state index is -4.32. The van der Waals surface area contributed by atoms with Crippen LogP contribution < -0.4 is 5.32 Å². The predicted octanol–water partition coefficient (Wildman–Crippen LogP) is 14.7. The van der Waals surface area contributed by atoms with Crippen LogP contribution in [0.2, 0.25) is 0 Å². The monoisotopic (exact) mass is 858 g/mol. The zero-order chi connectivity index (χ0) is 43.6. The van der Waals surface area contributed by atoms with E-state index < -0.39 is 20.0 Å². The van der Waals surface area contributed by atoms with E-state index in [1.165, 1.54) is 180 Å². The third-order valence-electron chi connectivity index (χ3n) is 11.8. The maximum absolute atomic E-state index is 12.9. The number of quaternary nitrogens is 1. The molecule has 8 nitrogen and oxygen atoms in total. The first-order valence-corrected chi connectivity index (χ1v) is 27.0. The Balaban J connectivity index is 4.26. The first-order valence-electron chi connectivity index (χ1n) is 25.6. The number of aliphatic hydroxyl groups excluding tert-OH is 1. The van der Waals surface area contributed by atoms with Crippen LogP contribution in [0.15, 0.2) is 12.2 Å². The van der Waals surface area contributed by atoms with Crippen LogP contribution in [-0.2, 0) is 18.4 Å². The third-order valence-corrected chi connectivity index (χ3v) is 12.7. The molecule has 0 bridgehead atoms. The smallest absolute Gasteiger partial charge is 0.391 e.